The van der Waals surface area contributed by atoms with Crippen LogP contribution in [-0.2, 0) is 9.47 Å². The van der Waals surface area contributed by atoms with Crippen LogP contribution in [0.1, 0.15) is 109 Å². The molecule has 0 unspecified atom stereocenters. The normalized spacial score (nSPS) is 22.1. The zero-order chi connectivity index (χ0) is 31.8. The van der Waals surface area contributed by atoms with Crippen LogP contribution in [0.2, 0.25) is 0 Å². The van der Waals surface area contributed by atoms with E-state index in [0.29, 0.717) is 25.7 Å². The van der Waals surface area contributed by atoms with Gasteiger partial charge in [0.25, 0.3) is 11.8 Å². The van der Waals surface area contributed by atoms with Crippen LogP contribution in [0.3, 0.4) is 0 Å². The molecule has 4 aromatic carbocycles. The number of carbonyl (C=O) groups is 8. The van der Waals surface area contributed by atoms with E-state index in [4.69, 9.17) is 9.47 Å². The lowest BCUT2D eigenvalue weighted by Crippen LogP contribution is -2.54. The van der Waals surface area contributed by atoms with E-state index in [-0.39, 0.29) is 66.1 Å². The molecule has 5 aliphatic rings. The minimum absolute atomic E-state index is 0.0759. The molecule has 11 nitrogen and oxygen atoms in total. The van der Waals surface area contributed by atoms with Gasteiger partial charge in [0.05, 0.1) is 28.2 Å². The minimum atomic E-state index is -1.21. The van der Waals surface area contributed by atoms with Crippen molar-refractivity contribution in [2.24, 2.45) is 11.8 Å². The molecule has 2 atom stereocenters. The molecule has 2 aliphatic carbocycles. The number of carbonyl (C=O) groups excluding carboxylic acids is 8. The number of imide groups is 1. The van der Waals surface area contributed by atoms with Gasteiger partial charge in [0, 0.05) is 49.8 Å². The van der Waals surface area contributed by atoms with Gasteiger partial charge in [-0.1, -0.05) is 12.8 Å². The van der Waals surface area contributed by atoms with Crippen LogP contribution < -0.4 is 0 Å². The Morgan fingerprint density at radius 2 is 0.804 bits per heavy atom. The molecular weight excluding hydrogens is 594 g/mol. The van der Waals surface area contributed by atoms with Gasteiger partial charge >= 0.3 is 23.9 Å². The molecule has 0 bridgehead atoms. The number of hydrogen-bond donors (Lipinski definition) is 0. The molecule has 0 aromatic heterocycles. The molecule has 0 saturated heterocycles. The van der Waals surface area contributed by atoms with Crippen LogP contribution in [0, 0.1) is 11.8 Å². The third-order valence-electron chi connectivity index (χ3n) is 10.1. The fraction of sp³-hybridized carbons (Fsp3) is 0.200. The highest BCUT2D eigenvalue weighted by atomic mass is 16.6. The third-order valence-corrected chi connectivity index (χ3v) is 10.1. The maximum atomic E-state index is 14.2. The number of cyclic esters (lactones) is 4. The second-order valence-corrected chi connectivity index (χ2v) is 12.2. The summed E-state index contributed by atoms with van der Waals surface area (Å²) in [4.78, 5) is 108. The molecule has 2 amide bonds. The average molecular weight is 614 g/mol. The van der Waals surface area contributed by atoms with Crippen LogP contribution in [0.4, 0.5) is 0 Å². The van der Waals surface area contributed by atoms with E-state index in [1.54, 1.807) is 0 Å². The maximum Gasteiger partial charge on any atom is 0.346 e. The number of rotatable bonds is 2. The van der Waals surface area contributed by atoms with Crippen molar-refractivity contribution < 1.29 is 47.8 Å². The van der Waals surface area contributed by atoms with E-state index in [1.807, 2.05) is 0 Å². The minimum Gasteiger partial charge on any atom is -0.386 e. The van der Waals surface area contributed by atoms with E-state index in [2.05, 4.69) is 0 Å². The van der Waals surface area contributed by atoms with Gasteiger partial charge in [0.15, 0.2) is 11.6 Å². The Labute approximate surface area is 258 Å². The lowest BCUT2D eigenvalue weighted by atomic mass is 9.66. The van der Waals surface area contributed by atoms with Crippen molar-refractivity contribution in [2.45, 2.75) is 31.7 Å². The van der Waals surface area contributed by atoms with E-state index in [1.165, 1.54) is 48.5 Å². The monoisotopic (exact) mass is 613 g/mol. The predicted octanol–water partition coefficient (Wildman–Crippen LogP) is 4.46. The van der Waals surface area contributed by atoms with Crippen molar-refractivity contribution >= 4 is 68.8 Å². The Hall–Kier alpha value is -5.84. The van der Waals surface area contributed by atoms with Crippen LogP contribution in [0.5, 0.6) is 0 Å². The predicted molar refractivity (Wildman–Crippen MR) is 156 cm³/mol. The van der Waals surface area contributed by atoms with Gasteiger partial charge in [-0.25, -0.2) is 19.2 Å². The van der Waals surface area contributed by atoms with Crippen molar-refractivity contribution in [3.05, 3.63) is 93.0 Å². The molecule has 0 spiro atoms. The Morgan fingerprint density at radius 1 is 0.457 bits per heavy atom. The summed E-state index contributed by atoms with van der Waals surface area (Å²) < 4.78 is 9.65. The lowest BCUT2D eigenvalue weighted by Gasteiger charge is -2.43. The van der Waals surface area contributed by atoms with Crippen LogP contribution in [0.15, 0.2) is 48.5 Å². The molecule has 3 heterocycles. The standard InChI is InChI=1S/C35H19NO10/c37-28-14-5-9-18-25-19(33(42)45-32(18)41)10-6-15(23(14)25)29(38)27(28)13-3-1-2-4-22(13)36-30(39)16-7-11-20-26-21(35(44)46-34(20)43)12-8-17(24(16)26)31(36)40/h5-13,22,27H,1-4H2/t13-,22-/m0/s1. The van der Waals surface area contributed by atoms with Gasteiger partial charge in [-0.05, 0) is 67.3 Å². The molecule has 11 heteroatoms. The summed E-state index contributed by atoms with van der Waals surface area (Å²) >= 11 is 0. The van der Waals surface area contributed by atoms with Gasteiger partial charge < -0.3 is 9.47 Å². The van der Waals surface area contributed by atoms with Gasteiger partial charge in [0.1, 0.15) is 0 Å². The van der Waals surface area contributed by atoms with E-state index in [9.17, 15) is 38.4 Å². The number of esters is 4. The number of ether oxygens (including phenoxy) is 2. The molecular formula is C35H19NO10. The molecule has 0 N–H and O–H groups in total. The fourth-order valence-corrected chi connectivity index (χ4v) is 8.17. The largest absolute Gasteiger partial charge is 0.386 e. The van der Waals surface area contributed by atoms with Crippen molar-refractivity contribution in [2.75, 3.05) is 0 Å². The van der Waals surface area contributed by atoms with E-state index >= 15 is 0 Å². The highest BCUT2D eigenvalue weighted by molar-refractivity contribution is 6.34. The fourth-order valence-electron chi connectivity index (χ4n) is 8.17. The molecule has 4 aromatic rings. The first kappa shape index (κ1) is 26.6. The van der Waals surface area contributed by atoms with Crippen molar-refractivity contribution in [3.8, 4) is 0 Å². The Bertz CT molecular complexity index is 2000. The summed E-state index contributed by atoms with van der Waals surface area (Å²) in [6.07, 6.45) is 2.07. The number of ketones is 2. The van der Waals surface area contributed by atoms with Crippen molar-refractivity contribution in [3.63, 3.8) is 0 Å². The Kier molecular flexibility index (Phi) is 5.12. The second-order valence-electron chi connectivity index (χ2n) is 12.2. The number of amides is 2. The zero-order valence-electron chi connectivity index (χ0n) is 23.7. The second kappa shape index (κ2) is 8.87. The quantitative estimate of drug-likeness (QED) is 0.179. The third kappa shape index (κ3) is 3.16. The first-order valence-corrected chi connectivity index (χ1v) is 14.9. The summed E-state index contributed by atoms with van der Waals surface area (Å²) in [5.74, 6) is -7.68. The van der Waals surface area contributed by atoms with Crippen molar-refractivity contribution in [1.82, 2.24) is 4.90 Å². The first-order valence-electron chi connectivity index (χ1n) is 14.9. The number of benzene rings is 4. The molecule has 1 fully saturated rings. The summed E-state index contributed by atoms with van der Waals surface area (Å²) in [6.45, 7) is 0. The van der Waals surface area contributed by atoms with Crippen LogP contribution in [0.25, 0.3) is 21.5 Å². The number of hydrogen-bond acceptors (Lipinski definition) is 10. The lowest BCUT2D eigenvalue weighted by molar-refractivity contribution is 0.0327. The van der Waals surface area contributed by atoms with E-state index in [0.717, 1.165) is 4.90 Å². The van der Waals surface area contributed by atoms with E-state index < -0.39 is 65.1 Å². The topological polar surface area (TPSA) is 158 Å². The Balaban J connectivity index is 1.16. The van der Waals surface area contributed by atoms with Gasteiger partial charge in [-0.15, -0.1) is 0 Å². The smallest absolute Gasteiger partial charge is 0.346 e. The zero-order valence-corrected chi connectivity index (χ0v) is 23.7. The molecule has 0 radical (unpaired) electrons. The Morgan fingerprint density at radius 3 is 1.26 bits per heavy atom. The molecule has 224 valence electrons. The van der Waals surface area contributed by atoms with Crippen LogP contribution >= 0.6 is 0 Å². The summed E-state index contributed by atoms with van der Waals surface area (Å²) in [7, 11) is 0. The maximum absolute atomic E-state index is 14.2. The average Bonchev–Trinajstić information content (AvgIpc) is 3.04. The van der Waals surface area contributed by atoms with Gasteiger partial charge in [-0.2, -0.15) is 0 Å². The number of Topliss-reactive ketones (excluding diaryl/α,β-unsaturated/α-hetero) is 2. The highest BCUT2D eigenvalue weighted by Crippen LogP contribution is 2.46. The van der Waals surface area contributed by atoms with Gasteiger partial charge in [-0.3, -0.25) is 24.1 Å². The summed E-state index contributed by atoms with van der Waals surface area (Å²) in [6, 6.07) is 10.6. The summed E-state index contributed by atoms with van der Waals surface area (Å²) in [5, 5.41) is 0.821. The molecule has 9 rings (SSSR count). The highest BCUT2D eigenvalue weighted by Gasteiger charge is 2.50. The first-order chi connectivity index (χ1) is 22.2. The van der Waals surface area contributed by atoms with Crippen molar-refractivity contribution in [1.29, 1.82) is 0 Å². The number of nitrogens with zero attached hydrogens (tertiary/aromatic N) is 1. The molecule has 3 aliphatic heterocycles. The SMILES string of the molecule is O=C1OC(=O)c2ccc3c4c(ccc1c24)C(=O)C([C@H]1CCCC[C@@H]1N1C(=O)c2ccc4c5c(ccc(c25)C1=O)C(=O)OC4=O)C3=O. The molecule has 46 heavy (non-hydrogen) atoms. The van der Waals surface area contributed by atoms with Crippen LogP contribution in [-0.4, -0.2) is 58.2 Å². The summed E-state index contributed by atoms with van der Waals surface area (Å²) in [5.41, 5.74) is 0.952. The van der Waals surface area contributed by atoms with Gasteiger partial charge in [0.2, 0.25) is 0 Å². The molecule has 1 saturated carbocycles.